The van der Waals surface area contributed by atoms with Gasteiger partial charge in [0.05, 0.1) is 4.88 Å². The Labute approximate surface area is 68.7 Å². The Balaban J connectivity index is 0.000000605. The first kappa shape index (κ1) is 7.94. The summed E-state index contributed by atoms with van der Waals surface area (Å²) in [6.45, 7) is 0. The van der Waals surface area contributed by atoms with Gasteiger partial charge in [0.25, 0.3) is 5.89 Å². The van der Waals surface area contributed by atoms with Crippen LogP contribution in [0.1, 0.15) is 7.43 Å². The van der Waals surface area contributed by atoms with Crippen molar-refractivity contribution in [2.75, 3.05) is 0 Å². The zero-order valence-electron chi connectivity index (χ0n) is 5.02. The molecule has 0 N–H and O–H groups in total. The lowest BCUT2D eigenvalue weighted by molar-refractivity contribution is 0.570. The van der Waals surface area contributed by atoms with E-state index in [4.69, 9.17) is 4.42 Å². The maximum absolute atomic E-state index is 4.97. The summed E-state index contributed by atoms with van der Waals surface area (Å²) < 4.78 is 4.97. The van der Waals surface area contributed by atoms with Crippen molar-refractivity contribution in [3.8, 4) is 10.8 Å². The Bertz CT molecular complexity index is 256. The van der Waals surface area contributed by atoms with E-state index in [-0.39, 0.29) is 7.43 Å². The molecule has 3 nitrogen and oxygen atoms in total. The maximum Gasteiger partial charge on any atom is 0.257 e. The van der Waals surface area contributed by atoms with Gasteiger partial charge in [0, 0.05) is 0 Å². The number of hydrogen-bond donors (Lipinski definition) is 0. The molecule has 0 saturated heterocycles. The van der Waals surface area contributed by atoms with Gasteiger partial charge in [0.1, 0.15) is 0 Å². The van der Waals surface area contributed by atoms with Crippen LogP contribution in [0.15, 0.2) is 28.3 Å². The van der Waals surface area contributed by atoms with E-state index in [0.717, 1.165) is 4.88 Å². The van der Waals surface area contributed by atoms with Crippen LogP contribution in [0.25, 0.3) is 10.8 Å². The van der Waals surface area contributed by atoms with Crippen molar-refractivity contribution in [2.45, 2.75) is 7.43 Å². The molecular formula is C7H8N2OS. The molecule has 0 radical (unpaired) electrons. The van der Waals surface area contributed by atoms with Gasteiger partial charge in [-0.1, -0.05) is 13.5 Å². The van der Waals surface area contributed by atoms with Crippen LogP contribution >= 0.6 is 11.3 Å². The lowest BCUT2D eigenvalue weighted by Gasteiger charge is -1.81. The third-order valence-electron chi connectivity index (χ3n) is 1.09. The standard InChI is InChI=1S/C6H4N2OS.CH4/c1-2-5(10-3-1)6-8-7-4-9-6;/h1-4H;1H4/i;1+1. The predicted octanol–water partition coefficient (Wildman–Crippen LogP) is 2.43. The molecule has 2 aromatic rings. The fourth-order valence-electron chi connectivity index (χ4n) is 0.681. The molecule has 0 bridgehead atoms. The minimum absolute atomic E-state index is 0. The molecule has 2 heterocycles. The van der Waals surface area contributed by atoms with Crippen LogP contribution in [0.3, 0.4) is 0 Å². The van der Waals surface area contributed by atoms with Gasteiger partial charge >= 0.3 is 0 Å². The van der Waals surface area contributed by atoms with Gasteiger partial charge < -0.3 is 4.42 Å². The lowest BCUT2D eigenvalue weighted by Crippen LogP contribution is -1.69. The zero-order chi connectivity index (χ0) is 6.81. The number of thiophene rings is 1. The maximum atomic E-state index is 4.97. The van der Waals surface area contributed by atoms with Crippen LogP contribution in [0, 0.1) is 0 Å². The third kappa shape index (κ3) is 1.46. The molecular weight excluding hydrogens is 161 g/mol. The van der Waals surface area contributed by atoms with Crippen LogP contribution in [-0.2, 0) is 0 Å². The van der Waals surface area contributed by atoms with E-state index in [1.807, 2.05) is 17.5 Å². The van der Waals surface area contributed by atoms with Crippen molar-refractivity contribution in [3.63, 3.8) is 0 Å². The smallest absolute Gasteiger partial charge is 0.257 e. The van der Waals surface area contributed by atoms with Gasteiger partial charge in [-0.3, -0.25) is 0 Å². The molecule has 0 atom stereocenters. The molecule has 0 aromatic carbocycles. The molecule has 0 amide bonds. The molecule has 0 saturated carbocycles. The van der Waals surface area contributed by atoms with Gasteiger partial charge in [-0.15, -0.1) is 21.5 Å². The fourth-order valence-corrected chi connectivity index (χ4v) is 1.33. The van der Waals surface area contributed by atoms with Crippen LogP contribution in [0.5, 0.6) is 0 Å². The number of hydrogen-bond acceptors (Lipinski definition) is 4. The summed E-state index contributed by atoms with van der Waals surface area (Å²) in [5.41, 5.74) is 0. The van der Waals surface area contributed by atoms with Crippen molar-refractivity contribution in [1.29, 1.82) is 0 Å². The largest absolute Gasteiger partial charge is 0.423 e. The van der Waals surface area contributed by atoms with Crippen molar-refractivity contribution in [1.82, 2.24) is 10.2 Å². The van der Waals surface area contributed by atoms with E-state index >= 15 is 0 Å². The van der Waals surface area contributed by atoms with Crippen molar-refractivity contribution in [2.24, 2.45) is 0 Å². The first-order valence-electron chi connectivity index (χ1n) is 2.77. The van der Waals surface area contributed by atoms with Crippen LogP contribution in [0.2, 0.25) is 0 Å². The van der Waals surface area contributed by atoms with E-state index in [1.54, 1.807) is 11.3 Å². The summed E-state index contributed by atoms with van der Waals surface area (Å²) >= 11 is 1.58. The van der Waals surface area contributed by atoms with Crippen LogP contribution < -0.4 is 0 Å². The summed E-state index contributed by atoms with van der Waals surface area (Å²) in [5.74, 6) is 0.593. The lowest BCUT2D eigenvalue weighted by atomic mass is 10.5. The number of aromatic nitrogens is 2. The average molecular weight is 169 g/mol. The molecule has 0 aliphatic carbocycles. The van der Waals surface area contributed by atoms with Crippen LogP contribution in [0.4, 0.5) is 0 Å². The third-order valence-corrected chi connectivity index (χ3v) is 1.95. The SMILES string of the molecule is [13CH4].c1csc(-c2nnco2)c1. The Morgan fingerprint density at radius 3 is 2.91 bits per heavy atom. The predicted molar refractivity (Wildman–Crippen MR) is 44.3 cm³/mol. The first-order valence-corrected chi connectivity index (χ1v) is 3.65. The molecule has 11 heavy (non-hydrogen) atoms. The molecule has 2 aromatic heterocycles. The van der Waals surface area contributed by atoms with E-state index in [9.17, 15) is 0 Å². The van der Waals surface area contributed by atoms with Gasteiger partial charge in [-0.2, -0.15) is 0 Å². The number of rotatable bonds is 1. The Hall–Kier alpha value is -1.16. The monoisotopic (exact) mass is 169 g/mol. The molecule has 2 rings (SSSR count). The summed E-state index contributed by atoms with van der Waals surface area (Å²) in [6.07, 6.45) is 1.33. The van der Waals surface area contributed by atoms with Gasteiger partial charge in [0.15, 0.2) is 0 Å². The quantitative estimate of drug-likeness (QED) is 0.615. The average Bonchev–Trinajstić information content (AvgIpc) is 2.59. The second-order valence-electron chi connectivity index (χ2n) is 1.72. The summed E-state index contributed by atoms with van der Waals surface area (Å²) in [6, 6.07) is 3.89. The van der Waals surface area contributed by atoms with Crippen molar-refractivity contribution >= 4 is 11.3 Å². The number of nitrogens with zero attached hydrogens (tertiary/aromatic N) is 2. The summed E-state index contributed by atoms with van der Waals surface area (Å²) in [7, 11) is 0. The molecule has 0 spiro atoms. The minimum Gasteiger partial charge on any atom is -0.423 e. The summed E-state index contributed by atoms with van der Waals surface area (Å²) in [4.78, 5) is 1.01. The second-order valence-corrected chi connectivity index (χ2v) is 2.67. The Morgan fingerprint density at radius 2 is 2.36 bits per heavy atom. The van der Waals surface area contributed by atoms with Crippen molar-refractivity contribution < 1.29 is 4.42 Å². The normalized spacial score (nSPS) is 9.09. The molecule has 0 fully saturated rings. The van der Waals surface area contributed by atoms with Crippen LogP contribution in [-0.4, -0.2) is 10.2 Å². The minimum atomic E-state index is 0. The first-order chi connectivity index (χ1) is 4.97. The van der Waals surface area contributed by atoms with E-state index in [2.05, 4.69) is 10.2 Å². The highest BCUT2D eigenvalue weighted by molar-refractivity contribution is 7.13. The zero-order valence-corrected chi connectivity index (χ0v) is 5.84. The van der Waals surface area contributed by atoms with Gasteiger partial charge in [-0.25, -0.2) is 0 Å². The highest BCUT2D eigenvalue weighted by atomic mass is 32.1. The van der Waals surface area contributed by atoms with E-state index in [1.165, 1.54) is 6.39 Å². The highest BCUT2D eigenvalue weighted by Gasteiger charge is 2.01. The van der Waals surface area contributed by atoms with E-state index in [0.29, 0.717) is 5.89 Å². The van der Waals surface area contributed by atoms with Crippen molar-refractivity contribution in [3.05, 3.63) is 23.9 Å². The van der Waals surface area contributed by atoms with E-state index < -0.39 is 0 Å². The Morgan fingerprint density at radius 1 is 1.45 bits per heavy atom. The molecule has 4 heteroatoms. The molecule has 0 aliphatic heterocycles. The second kappa shape index (κ2) is 3.30. The fraction of sp³-hybridized carbons (Fsp3) is 0.143. The Kier molecular flexibility index (Phi) is 2.38. The molecule has 0 unspecified atom stereocenters. The molecule has 58 valence electrons. The topological polar surface area (TPSA) is 38.9 Å². The molecule has 0 aliphatic rings. The van der Waals surface area contributed by atoms with Gasteiger partial charge in [-0.05, 0) is 11.4 Å². The van der Waals surface area contributed by atoms with Gasteiger partial charge in [0.2, 0.25) is 6.39 Å². The summed E-state index contributed by atoms with van der Waals surface area (Å²) in [5, 5.41) is 9.29. The highest BCUT2D eigenvalue weighted by Crippen LogP contribution is 2.20.